The average Bonchev–Trinajstić information content (AvgIpc) is 3.76. The van der Waals surface area contributed by atoms with Gasteiger partial charge in [0.25, 0.3) is 5.91 Å². The maximum atomic E-state index is 14.7. The number of likely N-dealkylation sites (tertiary alicyclic amines) is 2. The molecule has 0 radical (unpaired) electrons. The number of anilines is 3. The van der Waals surface area contributed by atoms with E-state index in [1.165, 1.54) is 28.0 Å². The number of carbonyl (C=O) groups is 5. The van der Waals surface area contributed by atoms with E-state index >= 15 is 0 Å². The minimum atomic E-state index is -1.99. The standard InChI is InChI=1S/C52H67ClFN11O7S2/c1-30-43(73-29-59-30)32-9-10-33(26-57-46(69)36-24-34(66)28-65(36)48(70)44(50(2,3)4)62-49(71)52(54)14-15-52)37(23-32)72-22-13-31-11-18-64(19-12-31)41(68)25-40(67)60-35-7-6-8-38(42(35)53)74-47-45(55)61-39(27-58-47)63-20-16-51(5,56)17-21-63/h6-10,23,27,29,31,34,36,44,66H,11-22,24-26,28,56H2,1-5H3,(H2,55,61)(H,57,69)(H,60,67)(H,62,71)/t34?,36?,44-/m1/s1. The number of carbonyl (C=O) groups excluding carboxylic acids is 5. The fraction of sp³-hybridized carbons (Fsp3) is 0.538. The number of aliphatic hydroxyl groups is 1. The Morgan fingerprint density at radius 3 is 2.45 bits per heavy atom. The summed E-state index contributed by atoms with van der Waals surface area (Å²) in [5.41, 5.74) is 14.3. The lowest BCUT2D eigenvalue weighted by Gasteiger charge is -2.37. The number of nitrogen functional groups attached to an aromatic ring is 1. The quantitative estimate of drug-likeness (QED) is 0.0639. The number of rotatable bonds is 17. The van der Waals surface area contributed by atoms with Crippen LogP contribution in [0.15, 0.2) is 58.0 Å². The van der Waals surface area contributed by atoms with Crippen LogP contribution in [0.5, 0.6) is 5.75 Å². The van der Waals surface area contributed by atoms with Crippen LogP contribution >= 0.6 is 34.7 Å². The van der Waals surface area contributed by atoms with E-state index in [1.807, 2.05) is 25.1 Å². The van der Waals surface area contributed by atoms with Crippen LogP contribution < -0.4 is 37.1 Å². The van der Waals surface area contributed by atoms with E-state index in [9.17, 15) is 33.5 Å². The van der Waals surface area contributed by atoms with Gasteiger partial charge in [0.2, 0.25) is 23.6 Å². The first kappa shape index (κ1) is 54.6. The van der Waals surface area contributed by atoms with Gasteiger partial charge in [0.15, 0.2) is 11.5 Å². The van der Waals surface area contributed by atoms with Crippen molar-refractivity contribution < 1.29 is 38.2 Å². The van der Waals surface area contributed by atoms with E-state index < -0.39 is 52.9 Å². The minimum Gasteiger partial charge on any atom is -0.493 e. The summed E-state index contributed by atoms with van der Waals surface area (Å²) in [6, 6.07) is 8.84. The molecule has 8 rings (SSSR count). The van der Waals surface area contributed by atoms with Gasteiger partial charge in [-0.15, -0.1) is 11.3 Å². The van der Waals surface area contributed by atoms with Crippen LogP contribution in [-0.2, 0) is 30.5 Å². The lowest BCUT2D eigenvalue weighted by molar-refractivity contribution is -0.145. The van der Waals surface area contributed by atoms with Gasteiger partial charge in [-0.1, -0.05) is 62.3 Å². The number of alkyl halides is 1. The van der Waals surface area contributed by atoms with Crippen molar-refractivity contribution in [3.8, 4) is 16.2 Å². The van der Waals surface area contributed by atoms with Crippen LogP contribution in [0.4, 0.5) is 21.7 Å². The molecule has 5 heterocycles. The molecule has 0 bridgehead atoms. The predicted molar refractivity (Wildman–Crippen MR) is 283 cm³/mol. The van der Waals surface area contributed by atoms with Crippen molar-refractivity contribution in [1.82, 2.24) is 35.4 Å². The number of benzene rings is 2. The largest absolute Gasteiger partial charge is 0.493 e. The van der Waals surface area contributed by atoms with Crippen molar-refractivity contribution >= 4 is 81.6 Å². The summed E-state index contributed by atoms with van der Waals surface area (Å²) in [7, 11) is 0. The highest BCUT2D eigenvalue weighted by Crippen LogP contribution is 2.41. The minimum absolute atomic E-state index is 0.00230. The van der Waals surface area contributed by atoms with Gasteiger partial charge in [-0.05, 0) is 93.9 Å². The molecule has 3 saturated heterocycles. The molecule has 4 fully saturated rings. The molecule has 22 heteroatoms. The summed E-state index contributed by atoms with van der Waals surface area (Å²) in [5.74, 6) is -0.881. The average molecular weight is 1080 g/mol. The second-order valence-corrected chi connectivity index (χ2v) is 23.7. The summed E-state index contributed by atoms with van der Waals surface area (Å²) in [5, 5.41) is 19.8. The van der Waals surface area contributed by atoms with Crippen LogP contribution in [0, 0.1) is 18.3 Å². The topological polar surface area (TPSA) is 251 Å². The highest BCUT2D eigenvalue weighted by Gasteiger charge is 2.53. The highest BCUT2D eigenvalue weighted by atomic mass is 35.5. The lowest BCUT2D eigenvalue weighted by atomic mass is 9.85. The van der Waals surface area contributed by atoms with Gasteiger partial charge in [-0.2, -0.15) is 0 Å². The summed E-state index contributed by atoms with van der Waals surface area (Å²) >= 11 is 9.51. The maximum Gasteiger partial charge on any atom is 0.258 e. The van der Waals surface area contributed by atoms with Crippen LogP contribution in [0.3, 0.4) is 0 Å². The van der Waals surface area contributed by atoms with Gasteiger partial charge >= 0.3 is 0 Å². The molecule has 2 aromatic heterocycles. The zero-order valence-electron chi connectivity index (χ0n) is 42.5. The molecule has 3 atom stereocenters. The number of aliphatic hydroxyl groups excluding tert-OH is 1. The molecule has 4 aromatic rings. The van der Waals surface area contributed by atoms with E-state index in [1.54, 1.807) is 55.6 Å². The van der Waals surface area contributed by atoms with E-state index in [0.717, 1.165) is 54.9 Å². The zero-order valence-corrected chi connectivity index (χ0v) is 44.9. The van der Waals surface area contributed by atoms with Gasteiger partial charge in [-0.25, -0.2) is 19.3 Å². The molecule has 18 nitrogen and oxygen atoms in total. The molecular weight excluding hydrogens is 1010 g/mol. The second kappa shape index (κ2) is 22.7. The number of aromatic nitrogens is 3. The number of ether oxygens (including phenoxy) is 1. The van der Waals surface area contributed by atoms with Gasteiger partial charge in [0.1, 0.15) is 35.1 Å². The maximum absolute atomic E-state index is 14.7. The number of hydrogen-bond donors (Lipinski definition) is 6. The summed E-state index contributed by atoms with van der Waals surface area (Å²) in [4.78, 5) is 87.4. The Kier molecular flexibility index (Phi) is 16.8. The third-order valence-corrected chi connectivity index (χ3v) is 16.9. The lowest BCUT2D eigenvalue weighted by Crippen LogP contribution is -2.59. The molecule has 1 saturated carbocycles. The molecule has 1 aliphatic carbocycles. The normalized spacial score (nSPS) is 19.9. The second-order valence-electron chi connectivity index (χ2n) is 21.4. The third-order valence-electron chi connectivity index (χ3n) is 14.4. The first-order valence-corrected chi connectivity index (χ1v) is 27.3. The van der Waals surface area contributed by atoms with E-state index in [0.29, 0.717) is 63.9 Å². The Bertz CT molecular complexity index is 2740. The number of hydrogen-bond acceptors (Lipinski definition) is 15. The Hall–Kier alpha value is -5.61. The third kappa shape index (κ3) is 13.2. The van der Waals surface area contributed by atoms with Crippen molar-refractivity contribution in [2.75, 3.05) is 55.3 Å². The summed E-state index contributed by atoms with van der Waals surface area (Å²) in [6.07, 6.45) is 4.38. The molecule has 0 spiro atoms. The number of thiazole rings is 1. The smallest absolute Gasteiger partial charge is 0.258 e. The first-order chi connectivity index (χ1) is 35.1. The fourth-order valence-corrected chi connectivity index (χ4v) is 11.4. The summed E-state index contributed by atoms with van der Waals surface area (Å²) < 4.78 is 21.1. The molecule has 8 N–H and O–H groups in total. The molecular formula is C52H67ClFN11O7S2. The van der Waals surface area contributed by atoms with Crippen molar-refractivity contribution in [3.63, 3.8) is 0 Å². The van der Waals surface area contributed by atoms with Gasteiger partial charge in [-0.3, -0.25) is 24.0 Å². The molecule has 2 aromatic carbocycles. The van der Waals surface area contributed by atoms with E-state index in [-0.39, 0.29) is 62.0 Å². The molecule has 3 aliphatic heterocycles. The monoisotopic (exact) mass is 1080 g/mol. The number of nitrogens with one attached hydrogen (secondary N) is 3. The van der Waals surface area contributed by atoms with E-state index in [4.69, 9.17) is 27.8 Å². The Balaban J connectivity index is 0.822. The summed E-state index contributed by atoms with van der Waals surface area (Å²) in [6.45, 7) is 12.1. The van der Waals surface area contributed by atoms with Crippen LogP contribution in [0.25, 0.3) is 10.4 Å². The highest BCUT2D eigenvalue weighted by molar-refractivity contribution is 7.99. The van der Waals surface area contributed by atoms with Crippen LogP contribution in [0.2, 0.25) is 5.02 Å². The van der Waals surface area contributed by atoms with Crippen molar-refractivity contribution in [2.24, 2.45) is 17.1 Å². The Morgan fingerprint density at radius 2 is 1.78 bits per heavy atom. The Labute approximate surface area is 444 Å². The fourth-order valence-electron chi connectivity index (χ4n) is 9.47. The number of β-amino-alcohol motifs (C(OH)–C–C–N with tert-alkyl or cyclic N) is 1. The van der Waals surface area contributed by atoms with Crippen molar-refractivity contribution in [3.05, 3.63) is 64.4 Å². The van der Waals surface area contributed by atoms with Gasteiger partial charge in [0, 0.05) is 61.7 Å². The first-order valence-electron chi connectivity index (χ1n) is 25.2. The Morgan fingerprint density at radius 1 is 1.05 bits per heavy atom. The molecule has 4 aliphatic rings. The van der Waals surface area contributed by atoms with E-state index in [2.05, 4.69) is 42.7 Å². The number of aryl methyl sites for hydroxylation is 1. The number of nitrogens with zero attached hydrogens (tertiary/aromatic N) is 6. The van der Waals surface area contributed by atoms with Crippen LogP contribution in [-0.4, -0.2) is 128 Å². The van der Waals surface area contributed by atoms with Crippen molar-refractivity contribution in [1.29, 1.82) is 0 Å². The molecule has 74 heavy (non-hydrogen) atoms. The number of nitrogens with two attached hydrogens (primary N) is 2. The number of piperidine rings is 2. The molecule has 2 unspecified atom stereocenters. The van der Waals surface area contributed by atoms with Gasteiger partial charge in [0.05, 0.1) is 45.7 Å². The number of halogens is 2. The van der Waals surface area contributed by atoms with Gasteiger partial charge < -0.3 is 52.0 Å². The van der Waals surface area contributed by atoms with Crippen molar-refractivity contribution in [2.45, 2.75) is 138 Å². The predicted octanol–water partition coefficient (Wildman–Crippen LogP) is 6.26. The zero-order chi connectivity index (χ0) is 53.1. The molecule has 5 amide bonds. The number of amides is 5. The molecule has 398 valence electrons. The SMILES string of the molecule is Cc1ncsc1-c1ccc(CNC(=O)C2CC(O)CN2C(=O)[C@@H](NC(=O)C2(F)CC2)C(C)(C)C)c(OCCC2CCN(C(=O)CC(=O)Nc3cccc(Sc4ncc(N5CCC(C)(N)CC5)nc4N)c3Cl)CC2)c1. The van der Waals surface area contributed by atoms with Crippen LogP contribution in [0.1, 0.15) is 96.7 Å².